The van der Waals surface area contributed by atoms with Crippen molar-refractivity contribution in [2.75, 3.05) is 26.2 Å². The maximum atomic E-state index is 14.2. The van der Waals surface area contributed by atoms with E-state index in [0.29, 0.717) is 12.1 Å². The molecule has 0 atom stereocenters. The molecule has 1 saturated heterocycles. The molecular weight excluding hydrogens is 255 g/mol. The SMILES string of the molecule is N=C(N)c1cccc(CN2CCN(C3CC3)CC2)c1F. The van der Waals surface area contributed by atoms with E-state index in [9.17, 15) is 4.39 Å². The predicted octanol–water partition coefficient (Wildman–Crippen LogP) is 1.39. The fourth-order valence-corrected chi connectivity index (χ4v) is 2.88. The van der Waals surface area contributed by atoms with Crippen LogP contribution in [-0.2, 0) is 6.54 Å². The number of benzene rings is 1. The zero-order valence-electron chi connectivity index (χ0n) is 11.6. The molecule has 1 aromatic rings. The summed E-state index contributed by atoms with van der Waals surface area (Å²) >= 11 is 0. The smallest absolute Gasteiger partial charge is 0.138 e. The minimum absolute atomic E-state index is 0.206. The van der Waals surface area contributed by atoms with Gasteiger partial charge in [-0.15, -0.1) is 0 Å². The van der Waals surface area contributed by atoms with Crippen LogP contribution in [0, 0.1) is 11.2 Å². The summed E-state index contributed by atoms with van der Waals surface area (Å²) in [5.74, 6) is -0.549. The number of nitrogen functional groups attached to an aromatic ring is 1. The van der Waals surface area contributed by atoms with Crippen LogP contribution in [0.3, 0.4) is 0 Å². The highest BCUT2D eigenvalue weighted by atomic mass is 19.1. The largest absolute Gasteiger partial charge is 0.384 e. The average molecular weight is 276 g/mol. The number of amidine groups is 1. The lowest BCUT2D eigenvalue weighted by Gasteiger charge is -2.34. The molecule has 0 amide bonds. The van der Waals surface area contributed by atoms with Crippen LogP contribution in [0.15, 0.2) is 18.2 Å². The monoisotopic (exact) mass is 276 g/mol. The van der Waals surface area contributed by atoms with Crippen LogP contribution in [0.4, 0.5) is 4.39 Å². The van der Waals surface area contributed by atoms with E-state index in [1.807, 2.05) is 0 Å². The third kappa shape index (κ3) is 2.83. The number of nitrogens with two attached hydrogens (primary N) is 1. The highest BCUT2D eigenvalue weighted by Gasteiger charge is 2.31. The summed E-state index contributed by atoms with van der Waals surface area (Å²) in [6.07, 6.45) is 2.69. The molecule has 2 aliphatic rings. The Morgan fingerprint density at radius 1 is 1.25 bits per heavy atom. The zero-order chi connectivity index (χ0) is 14.1. The molecule has 4 nitrogen and oxygen atoms in total. The van der Waals surface area contributed by atoms with Crippen LogP contribution in [0.2, 0.25) is 0 Å². The Bertz CT molecular complexity index is 505. The first kappa shape index (κ1) is 13.5. The first-order valence-electron chi connectivity index (χ1n) is 7.23. The van der Waals surface area contributed by atoms with E-state index in [4.69, 9.17) is 11.1 Å². The Morgan fingerprint density at radius 3 is 2.55 bits per heavy atom. The minimum Gasteiger partial charge on any atom is -0.384 e. The van der Waals surface area contributed by atoms with Gasteiger partial charge in [0.1, 0.15) is 11.7 Å². The van der Waals surface area contributed by atoms with Crippen LogP contribution in [0.1, 0.15) is 24.0 Å². The van der Waals surface area contributed by atoms with Crippen molar-refractivity contribution in [2.24, 2.45) is 5.73 Å². The molecule has 1 aliphatic heterocycles. The number of piperazine rings is 1. The van der Waals surface area contributed by atoms with Gasteiger partial charge >= 0.3 is 0 Å². The Hall–Kier alpha value is -1.46. The van der Waals surface area contributed by atoms with Crippen molar-refractivity contribution >= 4 is 5.84 Å². The van der Waals surface area contributed by atoms with E-state index in [2.05, 4.69) is 9.80 Å². The van der Waals surface area contributed by atoms with Gasteiger partial charge in [0.15, 0.2) is 0 Å². The van der Waals surface area contributed by atoms with E-state index < -0.39 is 0 Å². The second-order valence-electron chi connectivity index (χ2n) is 5.74. The van der Waals surface area contributed by atoms with Crippen LogP contribution >= 0.6 is 0 Å². The van der Waals surface area contributed by atoms with Gasteiger partial charge in [0.05, 0.1) is 5.56 Å². The summed E-state index contributed by atoms with van der Waals surface area (Å²) in [5.41, 5.74) is 6.24. The summed E-state index contributed by atoms with van der Waals surface area (Å²) in [5, 5.41) is 7.39. The average Bonchev–Trinajstić information content (AvgIpc) is 3.26. The topological polar surface area (TPSA) is 56.4 Å². The van der Waals surface area contributed by atoms with Crippen molar-refractivity contribution < 1.29 is 4.39 Å². The van der Waals surface area contributed by atoms with Crippen LogP contribution < -0.4 is 5.73 Å². The van der Waals surface area contributed by atoms with Gasteiger partial charge in [0, 0.05) is 44.3 Å². The summed E-state index contributed by atoms with van der Waals surface area (Å²) in [4.78, 5) is 4.82. The van der Waals surface area contributed by atoms with Crippen molar-refractivity contribution in [2.45, 2.75) is 25.4 Å². The highest BCUT2D eigenvalue weighted by Crippen LogP contribution is 2.27. The molecule has 108 valence electrons. The number of halogens is 1. The molecule has 3 N–H and O–H groups in total. The first-order chi connectivity index (χ1) is 9.65. The van der Waals surface area contributed by atoms with Gasteiger partial charge in [0.25, 0.3) is 0 Å². The number of nitrogens with zero attached hydrogens (tertiary/aromatic N) is 2. The van der Waals surface area contributed by atoms with Crippen LogP contribution in [0.5, 0.6) is 0 Å². The number of rotatable bonds is 4. The Kier molecular flexibility index (Phi) is 3.72. The second-order valence-corrected chi connectivity index (χ2v) is 5.74. The highest BCUT2D eigenvalue weighted by molar-refractivity contribution is 5.95. The van der Waals surface area contributed by atoms with Gasteiger partial charge in [0.2, 0.25) is 0 Å². The molecule has 2 fully saturated rings. The Balaban J connectivity index is 1.63. The van der Waals surface area contributed by atoms with Crippen molar-refractivity contribution in [3.63, 3.8) is 0 Å². The van der Waals surface area contributed by atoms with Gasteiger partial charge < -0.3 is 5.73 Å². The molecule has 3 rings (SSSR count). The zero-order valence-corrected chi connectivity index (χ0v) is 11.6. The van der Waals surface area contributed by atoms with Crippen molar-refractivity contribution in [3.05, 3.63) is 35.1 Å². The fourth-order valence-electron chi connectivity index (χ4n) is 2.88. The number of hydrogen-bond donors (Lipinski definition) is 2. The van der Waals surface area contributed by atoms with Gasteiger partial charge in [-0.1, -0.05) is 12.1 Å². The van der Waals surface area contributed by atoms with Crippen LogP contribution in [0.25, 0.3) is 0 Å². The van der Waals surface area contributed by atoms with E-state index in [1.54, 1.807) is 18.2 Å². The van der Waals surface area contributed by atoms with Crippen molar-refractivity contribution in [1.82, 2.24) is 9.80 Å². The third-order valence-corrected chi connectivity index (χ3v) is 4.23. The lowest BCUT2D eigenvalue weighted by atomic mass is 10.1. The second kappa shape index (κ2) is 5.50. The van der Waals surface area contributed by atoms with E-state index >= 15 is 0 Å². The summed E-state index contributed by atoms with van der Waals surface area (Å²) in [6.45, 7) is 4.74. The number of hydrogen-bond acceptors (Lipinski definition) is 3. The normalized spacial score (nSPS) is 21.1. The quantitative estimate of drug-likeness (QED) is 0.645. The molecule has 1 saturated carbocycles. The van der Waals surface area contributed by atoms with Crippen molar-refractivity contribution in [1.29, 1.82) is 5.41 Å². The molecule has 20 heavy (non-hydrogen) atoms. The molecule has 0 bridgehead atoms. The molecule has 1 aromatic carbocycles. The van der Waals surface area contributed by atoms with E-state index in [-0.39, 0.29) is 17.2 Å². The van der Waals surface area contributed by atoms with Crippen LogP contribution in [-0.4, -0.2) is 47.9 Å². The summed E-state index contributed by atoms with van der Waals surface area (Å²) < 4.78 is 14.2. The van der Waals surface area contributed by atoms with Gasteiger partial charge in [-0.3, -0.25) is 15.2 Å². The maximum Gasteiger partial charge on any atom is 0.138 e. The fraction of sp³-hybridized carbons (Fsp3) is 0.533. The number of nitrogens with one attached hydrogen (secondary N) is 1. The molecular formula is C15H21FN4. The summed E-state index contributed by atoms with van der Waals surface area (Å²) in [6, 6.07) is 5.94. The lowest BCUT2D eigenvalue weighted by Crippen LogP contribution is -2.46. The van der Waals surface area contributed by atoms with Gasteiger partial charge in [-0.25, -0.2) is 4.39 Å². The maximum absolute atomic E-state index is 14.2. The van der Waals surface area contributed by atoms with Crippen molar-refractivity contribution in [3.8, 4) is 0 Å². The molecule has 0 radical (unpaired) electrons. The Morgan fingerprint density at radius 2 is 1.95 bits per heavy atom. The first-order valence-corrected chi connectivity index (χ1v) is 7.23. The minimum atomic E-state index is -0.343. The Labute approximate surface area is 118 Å². The summed E-state index contributed by atoms with van der Waals surface area (Å²) in [7, 11) is 0. The molecule has 1 heterocycles. The molecule has 5 heteroatoms. The van der Waals surface area contributed by atoms with E-state index in [1.165, 1.54) is 12.8 Å². The molecule has 1 aliphatic carbocycles. The third-order valence-electron chi connectivity index (χ3n) is 4.23. The predicted molar refractivity (Wildman–Crippen MR) is 77.3 cm³/mol. The standard InChI is InChI=1S/C15H21FN4/c16-14-11(2-1-3-13(14)15(17)18)10-19-6-8-20(9-7-19)12-4-5-12/h1-3,12H,4-10H2,(H3,17,18). The molecule has 0 spiro atoms. The lowest BCUT2D eigenvalue weighted by molar-refractivity contribution is 0.120. The molecule has 0 unspecified atom stereocenters. The van der Waals surface area contributed by atoms with Gasteiger partial charge in [-0.2, -0.15) is 0 Å². The van der Waals surface area contributed by atoms with E-state index in [0.717, 1.165) is 32.2 Å². The van der Waals surface area contributed by atoms with Gasteiger partial charge in [-0.05, 0) is 18.9 Å². The molecule has 0 aromatic heterocycles.